The maximum atomic E-state index is 12.3. The van der Waals surface area contributed by atoms with E-state index in [1.165, 1.54) is 6.07 Å². The van der Waals surface area contributed by atoms with Crippen molar-refractivity contribution in [3.05, 3.63) is 28.8 Å². The van der Waals surface area contributed by atoms with Gasteiger partial charge in [-0.3, -0.25) is 0 Å². The second kappa shape index (κ2) is 6.02. The zero-order valence-corrected chi connectivity index (χ0v) is 13.1. The number of sulfonamides is 1. The van der Waals surface area contributed by atoms with E-state index in [0.29, 0.717) is 23.4 Å². The van der Waals surface area contributed by atoms with Gasteiger partial charge in [0, 0.05) is 11.6 Å². The molecular weight excluding hydrogens is 298 g/mol. The average Bonchev–Trinajstić information content (AvgIpc) is 2.40. The van der Waals surface area contributed by atoms with Crippen molar-refractivity contribution >= 4 is 21.6 Å². The van der Waals surface area contributed by atoms with Gasteiger partial charge in [0.2, 0.25) is 10.0 Å². The summed E-state index contributed by atoms with van der Waals surface area (Å²) in [4.78, 5) is 0.171. The summed E-state index contributed by atoms with van der Waals surface area (Å²) in [5.41, 5.74) is -0.282. The van der Waals surface area contributed by atoms with Gasteiger partial charge in [0.1, 0.15) is 0 Å². The molecule has 0 saturated heterocycles. The Morgan fingerprint density at radius 1 is 1.30 bits per heavy atom. The molecule has 1 aromatic carbocycles. The van der Waals surface area contributed by atoms with E-state index in [2.05, 4.69) is 4.72 Å². The lowest BCUT2D eigenvalue weighted by atomic mass is 9.85. The van der Waals surface area contributed by atoms with Crippen molar-refractivity contribution in [2.24, 2.45) is 0 Å². The highest BCUT2D eigenvalue weighted by Gasteiger charge is 2.31. The molecule has 2 rings (SSSR count). The van der Waals surface area contributed by atoms with E-state index in [1.54, 1.807) is 19.1 Å². The number of nitrogens with one attached hydrogen (secondary N) is 1. The molecule has 0 atom stereocenters. The van der Waals surface area contributed by atoms with E-state index in [-0.39, 0.29) is 11.4 Å². The van der Waals surface area contributed by atoms with Crippen LogP contribution in [0.2, 0.25) is 5.02 Å². The first-order valence-electron chi connectivity index (χ1n) is 6.81. The molecule has 6 heteroatoms. The van der Waals surface area contributed by atoms with Crippen LogP contribution in [-0.2, 0) is 10.0 Å². The van der Waals surface area contributed by atoms with Gasteiger partial charge < -0.3 is 5.11 Å². The fourth-order valence-corrected chi connectivity index (χ4v) is 4.18. The molecule has 4 nitrogen and oxygen atoms in total. The molecular formula is C14H20ClNO3S. The summed E-state index contributed by atoms with van der Waals surface area (Å²) in [5, 5.41) is 10.7. The van der Waals surface area contributed by atoms with Crippen molar-refractivity contribution in [3.8, 4) is 0 Å². The predicted octanol–water partition coefficient (Wildman–Crippen LogP) is 2.62. The van der Waals surface area contributed by atoms with E-state index in [0.717, 1.165) is 19.3 Å². The summed E-state index contributed by atoms with van der Waals surface area (Å²) in [6.45, 7) is 1.78. The van der Waals surface area contributed by atoms with Gasteiger partial charge >= 0.3 is 0 Å². The molecule has 112 valence electrons. The SMILES string of the molecule is Cc1ccc(Cl)cc1S(=O)(=O)NCC1(O)CCCCC1. The number of rotatable bonds is 4. The third-order valence-corrected chi connectivity index (χ3v) is 5.59. The van der Waals surface area contributed by atoms with Gasteiger partial charge in [-0.05, 0) is 37.5 Å². The summed E-state index contributed by atoms with van der Waals surface area (Å²) in [7, 11) is -3.65. The fraction of sp³-hybridized carbons (Fsp3) is 0.571. The first kappa shape index (κ1) is 15.8. The molecule has 0 amide bonds. The molecule has 1 fully saturated rings. The van der Waals surface area contributed by atoms with Crippen LogP contribution in [0.15, 0.2) is 23.1 Å². The Hall–Kier alpha value is -0.620. The van der Waals surface area contributed by atoms with Gasteiger partial charge in [-0.15, -0.1) is 0 Å². The van der Waals surface area contributed by atoms with E-state index in [9.17, 15) is 13.5 Å². The summed E-state index contributed by atoms with van der Waals surface area (Å²) >= 11 is 5.86. The van der Waals surface area contributed by atoms with E-state index < -0.39 is 15.6 Å². The molecule has 1 saturated carbocycles. The number of aliphatic hydroxyl groups is 1. The molecule has 0 radical (unpaired) electrons. The fourth-order valence-electron chi connectivity index (χ4n) is 2.56. The van der Waals surface area contributed by atoms with E-state index in [1.807, 2.05) is 0 Å². The molecule has 0 aromatic heterocycles. The Morgan fingerprint density at radius 2 is 1.95 bits per heavy atom. The van der Waals surface area contributed by atoms with Crippen LogP contribution in [0.3, 0.4) is 0 Å². The second-order valence-corrected chi connectivity index (χ2v) is 7.69. The molecule has 20 heavy (non-hydrogen) atoms. The Balaban J connectivity index is 2.13. The van der Waals surface area contributed by atoms with Crippen molar-refractivity contribution < 1.29 is 13.5 Å². The molecule has 1 aliphatic rings. The van der Waals surface area contributed by atoms with Crippen LogP contribution in [0.25, 0.3) is 0 Å². The van der Waals surface area contributed by atoms with Crippen LogP contribution in [0.4, 0.5) is 0 Å². The molecule has 0 heterocycles. The minimum absolute atomic E-state index is 0.0568. The van der Waals surface area contributed by atoms with Gasteiger partial charge in [0.05, 0.1) is 10.5 Å². The first-order valence-corrected chi connectivity index (χ1v) is 8.67. The van der Waals surface area contributed by atoms with Crippen LogP contribution >= 0.6 is 11.6 Å². The molecule has 0 aliphatic heterocycles. The van der Waals surface area contributed by atoms with E-state index in [4.69, 9.17) is 11.6 Å². The summed E-state index contributed by atoms with van der Waals surface area (Å²) in [5.74, 6) is 0. The molecule has 0 bridgehead atoms. The van der Waals surface area contributed by atoms with Crippen molar-refractivity contribution in [2.45, 2.75) is 49.5 Å². The van der Waals surface area contributed by atoms with Gasteiger partial charge in [-0.25, -0.2) is 13.1 Å². The maximum Gasteiger partial charge on any atom is 0.240 e. The van der Waals surface area contributed by atoms with Gasteiger partial charge in [-0.1, -0.05) is 36.9 Å². The predicted molar refractivity (Wildman–Crippen MR) is 79.4 cm³/mol. The van der Waals surface area contributed by atoms with Crippen molar-refractivity contribution in [1.82, 2.24) is 4.72 Å². The van der Waals surface area contributed by atoms with Crippen LogP contribution in [0.1, 0.15) is 37.7 Å². The van der Waals surface area contributed by atoms with Gasteiger partial charge in [-0.2, -0.15) is 0 Å². The third-order valence-electron chi connectivity index (χ3n) is 3.82. The maximum absolute atomic E-state index is 12.3. The number of hydrogen-bond donors (Lipinski definition) is 2. The second-order valence-electron chi connectivity index (χ2n) is 5.52. The Bertz CT molecular complexity index is 580. The van der Waals surface area contributed by atoms with Crippen LogP contribution in [0, 0.1) is 6.92 Å². The minimum atomic E-state index is -3.65. The van der Waals surface area contributed by atoms with Crippen molar-refractivity contribution in [2.75, 3.05) is 6.54 Å². The normalized spacial score (nSPS) is 18.9. The number of aryl methyl sites for hydroxylation is 1. The van der Waals surface area contributed by atoms with Gasteiger partial charge in [0.15, 0.2) is 0 Å². The molecule has 2 N–H and O–H groups in total. The number of benzene rings is 1. The monoisotopic (exact) mass is 317 g/mol. The number of hydrogen-bond acceptors (Lipinski definition) is 3. The zero-order chi connectivity index (χ0) is 14.8. The van der Waals surface area contributed by atoms with Crippen molar-refractivity contribution in [3.63, 3.8) is 0 Å². The zero-order valence-electron chi connectivity index (χ0n) is 11.5. The largest absolute Gasteiger partial charge is 0.389 e. The van der Waals surface area contributed by atoms with Crippen molar-refractivity contribution in [1.29, 1.82) is 0 Å². The molecule has 1 aromatic rings. The highest BCUT2D eigenvalue weighted by Crippen LogP contribution is 2.28. The topological polar surface area (TPSA) is 66.4 Å². The first-order chi connectivity index (χ1) is 9.32. The Kier molecular flexibility index (Phi) is 4.74. The summed E-state index contributed by atoms with van der Waals surface area (Å²) < 4.78 is 27.1. The molecule has 0 spiro atoms. The lowest BCUT2D eigenvalue weighted by Crippen LogP contribution is -2.44. The highest BCUT2D eigenvalue weighted by molar-refractivity contribution is 7.89. The molecule has 1 aliphatic carbocycles. The average molecular weight is 318 g/mol. The minimum Gasteiger partial charge on any atom is -0.389 e. The summed E-state index contributed by atoms with van der Waals surface area (Å²) in [6.07, 6.45) is 4.26. The highest BCUT2D eigenvalue weighted by atomic mass is 35.5. The lowest BCUT2D eigenvalue weighted by Gasteiger charge is -2.32. The van der Waals surface area contributed by atoms with E-state index >= 15 is 0 Å². The quantitative estimate of drug-likeness (QED) is 0.897. The third kappa shape index (κ3) is 3.73. The smallest absolute Gasteiger partial charge is 0.240 e. The van der Waals surface area contributed by atoms with Crippen LogP contribution < -0.4 is 4.72 Å². The standard InChI is InChI=1S/C14H20ClNO3S/c1-11-5-6-12(15)9-13(11)20(18,19)16-10-14(17)7-3-2-4-8-14/h5-6,9,16-17H,2-4,7-8,10H2,1H3. The van der Waals surface area contributed by atoms with Gasteiger partial charge in [0.25, 0.3) is 0 Å². The molecule has 0 unspecified atom stereocenters. The summed E-state index contributed by atoms with van der Waals surface area (Å²) in [6, 6.07) is 4.76. The lowest BCUT2D eigenvalue weighted by molar-refractivity contribution is 0.00945. The Labute approximate surface area is 125 Å². The van der Waals surface area contributed by atoms with Crippen LogP contribution in [-0.4, -0.2) is 25.7 Å². The number of halogens is 1. The van der Waals surface area contributed by atoms with Crippen LogP contribution in [0.5, 0.6) is 0 Å². The Morgan fingerprint density at radius 3 is 2.60 bits per heavy atom.